The highest BCUT2D eigenvalue weighted by Gasteiger charge is 2.24. The van der Waals surface area contributed by atoms with Crippen molar-refractivity contribution in [1.29, 1.82) is 0 Å². The fourth-order valence-electron chi connectivity index (χ4n) is 1.18. The van der Waals surface area contributed by atoms with E-state index in [0.29, 0.717) is 5.56 Å². The molecule has 0 spiro atoms. The molecule has 0 amide bonds. The van der Waals surface area contributed by atoms with Gasteiger partial charge in [0, 0.05) is 0 Å². The zero-order valence-corrected chi connectivity index (χ0v) is 9.27. The summed E-state index contributed by atoms with van der Waals surface area (Å²) in [4.78, 5) is 0. The molecular weight excluding hydrogens is 203 g/mol. The van der Waals surface area contributed by atoms with Crippen LogP contribution < -0.4 is 0 Å². The topological polar surface area (TPSA) is 20.2 Å². The van der Waals surface area contributed by atoms with Crippen LogP contribution in [0.1, 0.15) is 32.4 Å². The highest BCUT2D eigenvalue weighted by Crippen LogP contribution is 2.33. The Labute approximate surface area is 88.5 Å². The molecule has 1 rings (SSSR count). The normalized spacial score (nSPS) is 14.1. The van der Waals surface area contributed by atoms with E-state index in [9.17, 15) is 9.50 Å². The molecule has 1 aromatic rings. The molecule has 1 aromatic carbocycles. The Bertz CT molecular complexity index is 331. The van der Waals surface area contributed by atoms with Gasteiger partial charge in [0.05, 0.1) is 11.1 Å². The van der Waals surface area contributed by atoms with Crippen molar-refractivity contribution >= 4 is 11.6 Å². The van der Waals surface area contributed by atoms with Crippen molar-refractivity contribution in [2.75, 3.05) is 0 Å². The van der Waals surface area contributed by atoms with E-state index in [1.807, 2.05) is 20.8 Å². The first-order valence-electron chi connectivity index (χ1n) is 4.45. The van der Waals surface area contributed by atoms with Gasteiger partial charge >= 0.3 is 0 Å². The minimum Gasteiger partial charge on any atom is -0.388 e. The highest BCUT2D eigenvalue weighted by molar-refractivity contribution is 6.30. The maximum absolute atomic E-state index is 12.8. The summed E-state index contributed by atoms with van der Waals surface area (Å²) in [6, 6.07) is 4.29. The molecule has 0 aliphatic rings. The van der Waals surface area contributed by atoms with E-state index < -0.39 is 11.9 Å². The third-order valence-corrected chi connectivity index (χ3v) is 2.37. The van der Waals surface area contributed by atoms with Crippen LogP contribution in [0.25, 0.3) is 0 Å². The first kappa shape index (κ1) is 11.5. The maximum atomic E-state index is 12.8. The molecule has 0 bridgehead atoms. The quantitative estimate of drug-likeness (QED) is 0.761. The molecular formula is C11H14ClFO. The molecule has 1 unspecified atom stereocenters. The van der Waals surface area contributed by atoms with Crippen molar-refractivity contribution in [3.8, 4) is 0 Å². The Morgan fingerprint density at radius 1 is 1.36 bits per heavy atom. The molecule has 0 fully saturated rings. The van der Waals surface area contributed by atoms with Gasteiger partial charge in [-0.05, 0) is 23.1 Å². The van der Waals surface area contributed by atoms with Crippen molar-refractivity contribution in [2.45, 2.75) is 26.9 Å². The Hall–Kier alpha value is -0.600. The summed E-state index contributed by atoms with van der Waals surface area (Å²) in [6.07, 6.45) is -0.638. The molecule has 0 radical (unpaired) electrons. The predicted octanol–water partition coefficient (Wildman–Crippen LogP) is 3.56. The fraction of sp³-hybridized carbons (Fsp3) is 0.455. The van der Waals surface area contributed by atoms with E-state index in [1.54, 1.807) is 6.07 Å². The van der Waals surface area contributed by atoms with E-state index in [2.05, 4.69) is 0 Å². The second kappa shape index (κ2) is 3.87. The molecule has 3 heteroatoms. The Balaban J connectivity index is 3.03. The summed E-state index contributed by atoms with van der Waals surface area (Å²) in [5.74, 6) is -0.462. The van der Waals surface area contributed by atoms with Crippen molar-refractivity contribution in [3.05, 3.63) is 34.6 Å². The van der Waals surface area contributed by atoms with Crippen molar-refractivity contribution in [1.82, 2.24) is 0 Å². The van der Waals surface area contributed by atoms with Crippen LogP contribution in [0.4, 0.5) is 4.39 Å². The van der Waals surface area contributed by atoms with Gasteiger partial charge in [0.1, 0.15) is 5.82 Å². The monoisotopic (exact) mass is 216 g/mol. The first-order chi connectivity index (χ1) is 6.32. The molecule has 78 valence electrons. The molecule has 1 N–H and O–H groups in total. The average Bonchev–Trinajstić information content (AvgIpc) is 2.07. The number of aliphatic hydroxyl groups is 1. The van der Waals surface area contributed by atoms with Gasteiger partial charge in [-0.1, -0.05) is 38.4 Å². The molecule has 0 heterocycles. The van der Waals surface area contributed by atoms with E-state index >= 15 is 0 Å². The van der Waals surface area contributed by atoms with Crippen LogP contribution in [-0.2, 0) is 0 Å². The summed E-state index contributed by atoms with van der Waals surface area (Å²) in [7, 11) is 0. The largest absolute Gasteiger partial charge is 0.388 e. The molecule has 0 saturated carbocycles. The van der Waals surface area contributed by atoms with Crippen LogP contribution in [-0.4, -0.2) is 5.11 Å². The molecule has 0 aliphatic carbocycles. The number of hydrogen-bond donors (Lipinski definition) is 1. The lowest BCUT2D eigenvalue weighted by Gasteiger charge is -2.26. The van der Waals surface area contributed by atoms with Gasteiger partial charge in [0.15, 0.2) is 0 Å². The van der Waals surface area contributed by atoms with Crippen molar-refractivity contribution in [3.63, 3.8) is 0 Å². The molecule has 0 saturated heterocycles. The summed E-state index contributed by atoms with van der Waals surface area (Å²) in [5, 5.41) is 9.94. The Morgan fingerprint density at radius 3 is 2.36 bits per heavy atom. The van der Waals surface area contributed by atoms with Crippen LogP contribution in [0.2, 0.25) is 5.02 Å². The highest BCUT2D eigenvalue weighted by atomic mass is 35.5. The summed E-state index contributed by atoms with van der Waals surface area (Å²) in [5.41, 5.74) is 0.366. The first-order valence-corrected chi connectivity index (χ1v) is 4.83. The summed E-state index contributed by atoms with van der Waals surface area (Å²) in [6.45, 7) is 5.73. The second-order valence-electron chi connectivity index (χ2n) is 4.44. The Kier molecular flexibility index (Phi) is 3.17. The third-order valence-electron chi connectivity index (χ3n) is 2.08. The third kappa shape index (κ3) is 2.46. The molecule has 0 aromatic heterocycles. The minimum absolute atomic E-state index is 0.0470. The van der Waals surface area contributed by atoms with Crippen LogP contribution in [0.5, 0.6) is 0 Å². The SMILES string of the molecule is CC(C)(C)C(O)c1ccc(F)c(Cl)c1. The van der Waals surface area contributed by atoms with Gasteiger partial charge in [-0.3, -0.25) is 0 Å². The van der Waals surface area contributed by atoms with Gasteiger partial charge in [-0.15, -0.1) is 0 Å². The van der Waals surface area contributed by atoms with Crippen LogP contribution >= 0.6 is 11.6 Å². The molecule has 1 nitrogen and oxygen atoms in total. The maximum Gasteiger partial charge on any atom is 0.141 e. The summed E-state index contributed by atoms with van der Waals surface area (Å²) >= 11 is 5.62. The van der Waals surface area contributed by atoms with E-state index in [0.717, 1.165) is 0 Å². The van der Waals surface area contributed by atoms with Gasteiger partial charge < -0.3 is 5.11 Å². The zero-order valence-electron chi connectivity index (χ0n) is 8.51. The number of rotatable bonds is 1. The second-order valence-corrected chi connectivity index (χ2v) is 4.85. The minimum atomic E-state index is -0.638. The lowest BCUT2D eigenvalue weighted by atomic mass is 9.85. The number of halogens is 2. The van der Waals surface area contributed by atoms with E-state index in [1.165, 1.54) is 12.1 Å². The van der Waals surface area contributed by atoms with Crippen LogP contribution in [0, 0.1) is 11.2 Å². The average molecular weight is 217 g/mol. The smallest absolute Gasteiger partial charge is 0.141 e. The van der Waals surface area contributed by atoms with Crippen LogP contribution in [0.3, 0.4) is 0 Å². The summed E-state index contributed by atoms with van der Waals surface area (Å²) < 4.78 is 12.8. The van der Waals surface area contributed by atoms with E-state index in [4.69, 9.17) is 11.6 Å². The standard InChI is InChI=1S/C11H14ClFO/c1-11(2,3)10(14)7-4-5-9(13)8(12)6-7/h4-6,10,14H,1-3H3. The lowest BCUT2D eigenvalue weighted by Crippen LogP contribution is -2.17. The number of hydrogen-bond acceptors (Lipinski definition) is 1. The Morgan fingerprint density at radius 2 is 1.93 bits per heavy atom. The lowest BCUT2D eigenvalue weighted by molar-refractivity contribution is 0.0626. The molecule has 14 heavy (non-hydrogen) atoms. The fourth-order valence-corrected chi connectivity index (χ4v) is 1.37. The van der Waals surface area contributed by atoms with E-state index in [-0.39, 0.29) is 10.4 Å². The number of benzene rings is 1. The van der Waals surface area contributed by atoms with Gasteiger partial charge in [-0.2, -0.15) is 0 Å². The van der Waals surface area contributed by atoms with Gasteiger partial charge in [0.2, 0.25) is 0 Å². The molecule has 0 aliphatic heterocycles. The van der Waals surface area contributed by atoms with Crippen molar-refractivity contribution in [2.24, 2.45) is 5.41 Å². The van der Waals surface area contributed by atoms with Crippen molar-refractivity contribution < 1.29 is 9.50 Å². The predicted molar refractivity (Wildman–Crippen MR) is 55.8 cm³/mol. The molecule has 1 atom stereocenters. The zero-order chi connectivity index (χ0) is 10.9. The van der Waals surface area contributed by atoms with Gasteiger partial charge in [0.25, 0.3) is 0 Å². The number of aliphatic hydroxyl groups excluding tert-OH is 1. The van der Waals surface area contributed by atoms with Gasteiger partial charge in [-0.25, -0.2) is 4.39 Å². The van der Waals surface area contributed by atoms with Crippen LogP contribution in [0.15, 0.2) is 18.2 Å².